The first-order chi connectivity index (χ1) is 13.0. The molecule has 0 aliphatic carbocycles. The van der Waals surface area contributed by atoms with Crippen LogP contribution in [0.4, 0.5) is 10.1 Å². The number of aliphatic hydroxyl groups excluding tert-OH is 1. The Morgan fingerprint density at radius 1 is 1.36 bits per heavy atom. The van der Waals surface area contributed by atoms with Gasteiger partial charge in [0.05, 0.1) is 5.56 Å². The third-order valence-corrected chi connectivity index (χ3v) is 5.68. The Bertz CT molecular complexity index is 1040. The van der Waals surface area contributed by atoms with Crippen LogP contribution in [0.15, 0.2) is 35.4 Å². The molecular formula is C18H21FN4O4S. The first-order valence-corrected chi connectivity index (χ1v) is 9.79. The number of nitrogens with one attached hydrogen (secondary N) is 2. The maximum atomic E-state index is 13.4. The lowest BCUT2D eigenvalue weighted by Gasteiger charge is -2.24. The highest BCUT2D eigenvalue weighted by Crippen LogP contribution is 2.20. The highest BCUT2D eigenvalue weighted by molar-refractivity contribution is 7.89. The van der Waals surface area contributed by atoms with Gasteiger partial charge in [-0.05, 0) is 44.5 Å². The molecule has 28 heavy (non-hydrogen) atoms. The molecular weight excluding hydrogens is 387 g/mol. The van der Waals surface area contributed by atoms with Gasteiger partial charge in [0.25, 0.3) is 5.91 Å². The van der Waals surface area contributed by atoms with Crippen LogP contribution in [0.25, 0.3) is 0 Å². The number of nitrogens with zero attached hydrogens (tertiary/aromatic N) is 2. The average molecular weight is 408 g/mol. The van der Waals surface area contributed by atoms with Gasteiger partial charge in [-0.3, -0.25) is 4.79 Å². The SMILES string of the molecule is Cn1cc(S(=O)(=O)NC(C)(C)CCO)cc1C(=O)Nc1ccc(F)c(C#N)c1. The van der Waals surface area contributed by atoms with Crippen LogP contribution in [-0.4, -0.2) is 36.1 Å². The lowest BCUT2D eigenvalue weighted by atomic mass is 10.0. The minimum atomic E-state index is -3.92. The molecule has 0 aliphatic rings. The molecule has 1 aromatic heterocycles. The standard InChI is InChI=1S/C18H21FN4O4S/c1-18(2,6-7-24)22-28(26,27)14-9-16(23(3)11-14)17(25)21-13-4-5-15(19)12(8-13)10-20/h4-5,8-9,11,22,24H,6-7H2,1-3H3,(H,21,25). The molecule has 0 atom stereocenters. The summed E-state index contributed by atoms with van der Waals surface area (Å²) in [6.45, 7) is 3.09. The predicted molar refractivity (Wildman–Crippen MR) is 101 cm³/mol. The fourth-order valence-corrected chi connectivity index (χ4v) is 4.06. The minimum absolute atomic E-state index is 0.0585. The topological polar surface area (TPSA) is 124 Å². The van der Waals surface area contributed by atoms with Crippen molar-refractivity contribution in [1.82, 2.24) is 9.29 Å². The molecule has 10 heteroatoms. The van der Waals surface area contributed by atoms with Gasteiger partial charge in [-0.25, -0.2) is 17.5 Å². The van der Waals surface area contributed by atoms with Crippen molar-refractivity contribution in [2.24, 2.45) is 7.05 Å². The van der Waals surface area contributed by atoms with Crippen LogP contribution < -0.4 is 10.0 Å². The van der Waals surface area contributed by atoms with Crippen molar-refractivity contribution in [3.05, 3.63) is 47.5 Å². The van der Waals surface area contributed by atoms with E-state index in [-0.39, 0.29) is 34.9 Å². The summed E-state index contributed by atoms with van der Waals surface area (Å²) in [5.41, 5.74) is -0.824. The van der Waals surface area contributed by atoms with Gasteiger partial charge in [-0.2, -0.15) is 5.26 Å². The first kappa shape index (κ1) is 21.6. The minimum Gasteiger partial charge on any atom is -0.396 e. The molecule has 150 valence electrons. The number of benzene rings is 1. The zero-order valence-electron chi connectivity index (χ0n) is 15.7. The fraction of sp³-hybridized carbons (Fsp3) is 0.333. The Morgan fingerprint density at radius 2 is 2.04 bits per heavy atom. The van der Waals surface area contributed by atoms with Crippen LogP contribution in [0.1, 0.15) is 36.3 Å². The Morgan fingerprint density at radius 3 is 2.64 bits per heavy atom. The van der Waals surface area contributed by atoms with Crippen LogP contribution in [0.5, 0.6) is 0 Å². The van der Waals surface area contributed by atoms with E-state index in [1.165, 1.54) is 36.0 Å². The molecule has 0 spiro atoms. The summed E-state index contributed by atoms with van der Waals surface area (Å²) in [4.78, 5) is 12.4. The summed E-state index contributed by atoms with van der Waals surface area (Å²) in [6, 6.07) is 6.43. The van der Waals surface area contributed by atoms with Crippen LogP contribution in [0.3, 0.4) is 0 Å². The van der Waals surface area contributed by atoms with Gasteiger partial charge in [0, 0.05) is 31.1 Å². The summed E-state index contributed by atoms with van der Waals surface area (Å²) in [6.07, 6.45) is 1.51. The van der Waals surface area contributed by atoms with E-state index in [1.54, 1.807) is 19.9 Å². The number of halogens is 1. The summed E-state index contributed by atoms with van der Waals surface area (Å²) in [5, 5.41) is 20.4. The van der Waals surface area contributed by atoms with Gasteiger partial charge in [0.15, 0.2) is 0 Å². The van der Waals surface area contributed by atoms with E-state index in [0.29, 0.717) is 0 Å². The van der Waals surface area contributed by atoms with Crippen molar-refractivity contribution in [3.63, 3.8) is 0 Å². The number of carbonyl (C=O) groups is 1. The number of hydrogen-bond donors (Lipinski definition) is 3. The van der Waals surface area contributed by atoms with Crippen molar-refractivity contribution < 1.29 is 22.7 Å². The first-order valence-electron chi connectivity index (χ1n) is 8.31. The van der Waals surface area contributed by atoms with Crippen LogP contribution in [-0.2, 0) is 17.1 Å². The predicted octanol–water partition coefficient (Wildman–Crippen LogP) is 1.73. The Hall–Kier alpha value is -2.74. The second-order valence-electron chi connectivity index (χ2n) is 6.90. The van der Waals surface area contributed by atoms with E-state index < -0.39 is 27.3 Å². The highest BCUT2D eigenvalue weighted by Gasteiger charge is 2.28. The Kier molecular flexibility index (Phi) is 6.23. The molecule has 2 rings (SSSR count). The number of aliphatic hydroxyl groups is 1. The van der Waals surface area contributed by atoms with Gasteiger partial charge < -0.3 is 15.0 Å². The number of nitriles is 1. The Balaban J connectivity index is 2.26. The molecule has 1 amide bonds. The smallest absolute Gasteiger partial charge is 0.272 e. The lowest BCUT2D eigenvalue weighted by molar-refractivity contribution is 0.101. The van der Waals surface area contributed by atoms with E-state index in [9.17, 15) is 17.6 Å². The van der Waals surface area contributed by atoms with Crippen molar-refractivity contribution >= 4 is 21.6 Å². The molecule has 0 saturated heterocycles. The van der Waals surface area contributed by atoms with E-state index in [0.717, 1.165) is 6.07 Å². The van der Waals surface area contributed by atoms with Crippen molar-refractivity contribution in [3.8, 4) is 6.07 Å². The largest absolute Gasteiger partial charge is 0.396 e. The molecule has 8 nitrogen and oxygen atoms in total. The van der Waals surface area contributed by atoms with Crippen molar-refractivity contribution in [2.75, 3.05) is 11.9 Å². The third kappa shape index (κ3) is 4.95. The third-order valence-electron chi connectivity index (χ3n) is 4.01. The number of anilines is 1. The van der Waals surface area contributed by atoms with Gasteiger partial charge in [0.2, 0.25) is 10.0 Å². The van der Waals surface area contributed by atoms with E-state index in [4.69, 9.17) is 10.4 Å². The zero-order chi connectivity index (χ0) is 21.1. The fourth-order valence-electron chi connectivity index (χ4n) is 2.54. The molecule has 0 fully saturated rings. The number of carbonyl (C=O) groups excluding carboxylic acids is 1. The van der Waals surface area contributed by atoms with Crippen LogP contribution in [0.2, 0.25) is 0 Å². The van der Waals surface area contributed by atoms with Gasteiger partial charge in [-0.1, -0.05) is 0 Å². The van der Waals surface area contributed by atoms with Crippen molar-refractivity contribution in [2.45, 2.75) is 30.7 Å². The molecule has 1 aromatic carbocycles. The summed E-state index contributed by atoms with van der Waals surface area (Å²) in [7, 11) is -2.41. The van der Waals surface area contributed by atoms with Gasteiger partial charge >= 0.3 is 0 Å². The number of rotatable bonds is 7. The highest BCUT2D eigenvalue weighted by atomic mass is 32.2. The van der Waals surface area contributed by atoms with E-state index in [1.807, 2.05) is 0 Å². The number of aromatic nitrogens is 1. The number of aryl methyl sites for hydroxylation is 1. The second kappa shape index (κ2) is 8.10. The molecule has 2 aromatic rings. The second-order valence-corrected chi connectivity index (χ2v) is 8.58. The van der Waals surface area contributed by atoms with E-state index >= 15 is 0 Å². The van der Waals surface area contributed by atoms with Crippen LogP contribution in [0, 0.1) is 17.1 Å². The lowest BCUT2D eigenvalue weighted by Crippen LogP contribution is -2.43. The molecule has 0 aliphatic heterocycles. The van der Waals surface area contributed by atoms with Gasteiger partial charge in [-0.15, -0.1) is 0 Å². The molecule has 0 unspecified atom stereocenters. The number of amides is 1. The quantitative estimate of drug-likeness (QED) is 0.644. The molecule has 1 heterocycles. The number of sulfonamides is 1. The number of hydrogen-bond acceptors (Lipinski definition) is 5. The molecule has 0 radical (unpaired) electrons. The maximum absolute atomic E-state index is 13.4. The van der Waals surface area contributed by atoms with Crippen molar-refractivity contribution in [1.29, 1.82) is 5.26 Å². The zero-order valence-corrected chi connectivity index (χ0v) is 16.5. The molecule has 0 saturated carbocycles. The Labute approximate surface area is 162 Å². The average Bonchev–Trinajstić information content (AvgIpc) is 2.98. The summed E-state index contributed by atoms with van der Waals surface area (Å²) >= 11 is 0. The van der Waals surface area contributed by atoms with Crippen LogP contribution >= 0.6 is 0 Å². The van der Waals surface area contributed by atoms with Gasteiger partial charge in [0.1, 0.15) is 22.5 Å². The summed E-state index contributed by atoms with van der Waals surface area (Å²) in [5.74, 6) is -1.32. The molecule has 0 bridgehead atoms. The monoisotopic (exact) mass is 408 g/mol. The summed E-state index contributed by atoms with van der Waals surface area (Å²) < 4.78 is 42.4. The normalized spacial score (nSPS) is 11.9. The van der Waals surface area contributed by atoms with E-state index in [2.05, 4.69) is 10.0 Å². The maximum Gasteiger partial charge on any atom is 0.272 e. The molecule has 3 N–H and O–H groups in total.